The first-order valence-corrected chi connectivity index (χ1v) is 8.44. The maximum absolute atomic E-state index is 13.0. The molecule has 1 amide bonds. The fourth-order valence-electron chi connectivity index (χ4n) is 2.54. The van der Waals surface area contributed by atoms with Crippen LogP contribution in [0.2, 0.25) is 0 Å². The summed E-state index contributed by atoms with van der Waals surface area (Å²) >= 11 is 0.997. The van der Waals surface area contributed by atoms with Crippen LogP contribution in [0.25, 0.3) is 10.2 Å². The van der Waals surface area contributed by atoms with Crippen LogP contribution in [-0.4, -0.2) is 21.7 Å². The highest BCUT2D eigenvalue weighted by Gasteiger charge is 2.37. The number of nitrogens with zero attached hydrogens (tertiary/aromatic N) is 2. The van der Waals surface area contributed by atoms with Gasteiger partial charge in [-0.1, -0.05) is 0 Å². The van der Waals surface area contributed by atoms with E-state index in [0.29, 0.717) is 17.7 Å². The van der Waals surface area contributed by atoms with Crippen molar-refractivity contribution in [2.45, 2.75) is 32.0 Å². The number of thiophene rings is 1. The first-order chi connectivity index (χ1) is 11.8. The van der Waals surface area contributed by atoms with Crippen LogP contribution >= 0.6 is 11.3 Å². The van der Waals surface area contributed by atoms with Crippen molar-refractivity contribution >= 4 is 27.5 Å². The summed E-state index contributed by atoms with van der Waals surface area (Å²) in [6.45, 7) is 1.84. The Labute approximate surface area is 145 Å². The standard InChI is InChI=1S/C16H16F3N3O2S/c1-9(5-6-10-4-3-7-24-10)20-14(23)12-8-11-13(16(17,18)19)21-22(2)15(11)25-12/h3-4,7-9H,5-6H2,1-2H3,(H,20,23). The van der Waals surface area contributed by atoms with Gasteiger partial charge in [-0.2, -0.15) is 18.3 Å². The number of amides is 1. The minimum atomic E-state index is -4.55. The molecule has 0 saturated heterocycles. The number of halogens is 3. The van der Waals surface area contributed by atoms with E-state index in [1.165, 1.54) is 13.1 Å². The summed E-state index contributed by atoms with van der Waals surface area (Å²) in [4.78, 5) is 12.9. The third-order valence-corrected chi connectivity index (χ3v) is 4.99. The molecule has 3 aromatic heterocycles. The summed E-state index contributed by atoms with van der Waals surface area (Å²) < 4.78 is 45.4. The summed E-state index contributed by atoms with van der Waals surface area (Å²) in [5, 5.41) is 6.26. The molecule has 1 N–H and O–H groups in total. The lowest BCUT2D eigenvalue weighted by atomic mass is 10.1. The van der Waals surface area contributed by atoms with Crippen LogP contribution in [-0.2, 0) is 19.6 Å². The molecule has 0 bridgehead atoms. The van der Waals surface area contributed by atoms with Crippen molar-refractivity contribution in [1.82, 2.24) is 15.1 Å². The van der Waals surface area contributed by atoms with Crippen molar-refractivity contribution < 1.29 is 22.4 Å². The second kappa shape index (κ2) is 6.55. The molecule has 0 aromatic carbocycles. The van der Waals surface area contributed by atoms with Crippen molar-refractivity contribution in [3.8, 4) is 0 Å². The highest BCUT2D eigenvalue weighted by Crippen LogP contribution is 2.37. The second-order valence-corrected chi connectivity index (χ2v) is 6.82. The predicted molar refractivity (Wildman–Crippen MR) is 87.6 cm³/mol. The molecule has 1 unspecified atom stereocenters. The van der Waals surface area contributed by atoms with Crippen LogP contribution in [0.15, 0.2) is 28.9 Å². The van der Waals surface area contributed by atoms with Crippen LogP contribution in [0.1, 0.15) is 34.5 Å². The molecular weight excluding hydrogens is 355 g/mol. The topological polar surface area (TPSA) is 60.1 Å². The van der Waals surface area contributed by atoms with Gasteiger partial charge in [0.2, 0.25) is 0 Å². The Balaban J connectivity index is 1.71. The lowest BCUT2D eigenvalue weighted by molar-refractivity contribution is -0.140. The normalized spacial score (nSPS) is 13.3. The number of carbonyl (C=O) groups is 1. The van der Waals surface area contributed by atoms with Gasteiger partial charge in [-0.05, 0) is 31.5 Å². The number of fused-ring (bicyclic) bond motifs is 1. The van der Waals surface area contributed by atoms with E-state index in [0.717, 1.165) is 21.8 Å². The van der Waals surface area contributed by atoms with Gasteiger partial charge in [-0.15, -0.1) is 11.3 Å². The molecule has 3 heterocycles. The van der Waals surface area contributed by atoms with Gasteiger partial charge in [-0.25, -0.2) is 0 Å². The van der Waals surface area contributed by atoms with Gasteiger partial charge in [0.1, 0.15) is 10.6 Å². The Morgan fingerprint density at radius 3 is 2.88 bits per heavy atom. The molecule has 0 aliphatic carbocycles. The van der Waals surface area contributed by atoms with Gasteiger partial charge >= 0.3 is 6.18 Å². The Morgan fingerprint density at radius 1 is 1.48 bits per heavy atom. The number of aromatic nitrogens is 2. The van der Waals surface area contributed by atoms with E-state index in [4.69, 9.17) is 4.42 Å². The minimum absolute atomic E-state index is 0.0478. The molecule has 0 spiro atoms. The average molecular weight is 371 g/mol. The number of rotatable bonds is 5. The van der Waals surface area contributed by atoms with E-state index in [-0.39, 0.29) is 22.2 Å². The van der Waals surface area contributed by atoms with Crippen molar-refractivity contribution in [2.24, 2.45) is 7.05 Å². The molecular formula is C16H16F3N3O2S. The Kier molecular flexibility index (Phi) is 4.59. The molecule has 0 saturated carbocycles. The van der Waals surface area contributed by atoms with Crippen LogP contribution in [0, 0.1) is 0 Å². The van der Waals surface area contributed by atoms with Crippen molar-refractivity contribution in [3.63, 3.8) is 0 Å². The first-order valence-electron chi connectivity index (χ1n) is 7.62. The van der Waals surface area contributed by atoms with Crippen LogP contribution in [0.5, 0.6) is 0 Å². The number of hydrogen-bond donors (Lipinski definition) is 1. The monoisotopic (exact) mass is 371 g/mol. The maximum atomic E-state index is 13.0. The molecule has 5 nitrogen and oxygen atoms in total. The molecule has 1 atom stereocenters. The Bertz CT molecular complexity index is 881. The molecule has 3 aromatic rings. The maximum Gasteiger partial charge on any atom is 0.435 e. The molecule has 0 fully saturated rings. The molecule has 25 heavy (non-hydrogen) atoms. The summed E-state index contributed by atoms with van der Waals surface area (Å²) in [6, 6.07) is 4.77. The second-order valence-electron chi connectivity index (χ2n) is 5.79. The molecule has 0 aliphatic rings. The fourth-order valence-corrected chi connectivity index (χ4v) is 3.52. The lowest BCUT2D eigenvalue weighted by Gasteiger charge is -2.12. The molecule has 0 aliphatic heterocycles. The zero-order chi connectivity index (χ0) is 18.2. The van der Waals surface area contributed by atoms with Gasteiger partial charge in [0.15, 0.2) is 5.69 Å². The van der Waals surface area contributed by atoms with Crippen molar-refractivity contribution in [1.29, 1.82) is 0 Å². The van der Waals surface area contributed by atoms with Gasteiger partial charge in [0, 0.05) is 24.9 Å². The zero-order valence-electron chi connectivity index (χ0n) is 13.6. The number of aryl methyl sites for hydroxylation is 2. The third kappa shape index (κ3) is 3.71. The van der Waals surface area contributed by atoms with E-state index in [1.54, 1.807) is 12.3 Å². The zero-order valence-corrected chi connectivity index (χ0v) is 14.4. The van der Waals surface area contributed by atoms with Crippen LogP contribution < -0.4 is 5.32 Å². The third-order valence-electron chi connectivity index (χ3n) is 3.79. The average Bonchev–Trinajstić information content (AvgIpc) is 3.22. The first kappa shape index (κ1) is 17.5. The molecule has 134 valence electrons. The van der Waals surface area contributed by atoms with E-state index >= 15 is 0 Å². The smallest absolute Gasteiger partial charge is 0.435 e. The summed E-state index contributed by atoms with van der Waals surface area (Å²) in [6.07, 6.45) is -1.63. The summed E-state index contributed by atoms with van der Waals surface area (Å²) in [5.41, 5.74) is -0.967. The quantitative estimate of drug-likeness (QED) is 0.738. The minimum Gasteiger partial charge on any atom is -0.469 e. The number of nitrogens with one attached hydrogen (secondary N) is 1. The number of furan rings is 1. The van der Waals surface area contributed by atoms with Gasteiger partial charge in [-0.3, -0.25) is 9.48 Å². The predicted octanol–water partition coefficient (Wildman–Crippen LogP) is 4.00. The molecule has 0 radical (unpaired) electrons. The van der Waals surface area contributed by atoms with Crippen molar-refractivity contribution in [3.05, 3.63) is 40.8 Å². The highest BCUT2D eigenvalue weighted by molar-refractivity contribution is 7.20. The number of carbonyl (C=O) groups excluding carboxylic acids is 1. The number of alkyl halides is 3. The summed E-state index contributed by atoms with van der Waals surface area (Å²) in [5.74, 6) is 0.435. The Morgan fingerprint density at radius 2 is 2.24 bits per heavy atom. The van der Waals surface area contributed by atoms with Gasteiger partial charge in [0.05, 0.1) is 11.1 Å². The summed E-state index contributed by atoms with van der Waals surface area (Å²) in [7, 11) is 1.43. The molecule has 9 heteroatoms. The molecule has 3 rings (SSSR count). The van der Waals surface area contributed by atoms with E-state index in [2.05, 4.69) is 10.4 Å². The van der Waals surface area contributed by atoms with Crippen molar-refractivity contribution in [2.75, 3.05) is 0 Å². The van der Waals surface area contributed by atoms with E-state index in [1.807, 2.05) is 13.0 Å². The number of hydrogen-bond acceptors (Lipinski definition) is 4. The largest absolute Gasteiger partial charge is 0.469 e. The van der Waals surface area contributed by atoms with Crippen LogP contribution in [0.3, 0.4) is 0 Å². The highest BCUT2D eigenvalue weighted by atomic mass is 32.1. The fraction of sp³-hybridized carbons (Fsp3) is 0.375. The SMILES string of the molecule is CC(CCc1ccco1)NC(=O)c1cc2c(C(F)(F)F)nn(C)c2s1. The Hall–Kier alpha value is -2.29. The van der Waals surface area contributed by atoms with Gasteiger partial charge < -0.3 is 9.73 Å². The van der Waals surface area contributed by atoms with E-state index < -0.39 is 11.9 Å². The van der Waals surface area contributed by atoms with Crippen LogP contribution in [0.4, 0.5) is 13.2 Å². The lowest BCUT2D eigenvalue weighted by Crippen LogP contribution is -2.32. The van der Waals surface area contributed by atoms with E-state index in [9.17, 15) is 18.0 Å². The van der Waals surface area contributed by atoms with Gasteiger partial charge in [0.25, 0.3) is 5.91 Å².